The minimum Gasteiger partial charge on any atom is -0.295 e. The Bertz CT molecular complexity index is 226. The highest BCUT2D eigenvalue weighted by Crippen LogP contribution is 2.20. The van der Waals surface area contributed by atoms with Crippen LogP contribution >= 0.6 is 11.6 Å². The molecule has 0 spiro atoms. The number of halogens is 1. The maximum Gasteiger partial charge on any atom is 0.158 e. The fourth-order valence-corrected chi connectivity index (χ4v) is 1.35. The summed E-state index contributed by atoms with van der Waals surface area (Å²) in [5.74, 6) is 0.219. The lowest BCUT2D eigenvalue weighted by Crippen LogP contribution is -2.02. The van der Waals surface area contributed by atoms with Crippen LogP contribution in [0.5, 0.6) is 0 Å². The van der Waals surface area contributed by atoms with E-state index < -0.39 is 0 Å². The van der Waals surface area contributed by atoms with E-state index >= 15 is 0 Å². The molecule has 0 N–H and O–H groups in total. The van der Waals surface area contributed by atoms with Gasteiger partial charge in [-0.25, -0.2) is 0 Å². The Hall–Kier alpha value is -0.560. The number of carbonyl (C=O) groups is 1. The van der Waals surface area contributed by atoms with Gasteiger partial charge in [0.25, 0.3) is 0 Å². The fraction of sp³-hybridized carbons (Fsp3) is 0.444. The zero-order valence-corrected chi connectivity index (χ0v) is 7.32. The van der Waals surface area contributed by atoms with Crippen molar-refractivity contribution in [1.29, 1.82) is 0 Å². The van der Waals surface area contributed by atoms with E-state index in [0.717, 1.165) is 18.4 Å². The summed E-state index contributed by atoms with van der Waals surface area (Å²) in [4.78, 5) is 11.2. The molecule has 0 amide bonds. The van der Waals surface area contributed by atoms with E-state index in [0.29, 0.717) is 11.5 Å². The molecule has 0 saturated heterocycles. The first-order valence-corrected chi connectivity index (χ1v) is 4.21. The predicted octanol–water partition coefficient (Wildman–Crippen LogP) is 2.81. The summed E-state index contributed by atoms with van der Waals surface area (Å²) in [5, 5.41) is 0.702. The van der Waals surface area contributed by atoms with Crippen LogP contribution in [-0.4, -0.2) is 5.78 Å². The largest absolute Gasteiger partial charge is 0.295 e. The second-order valence-corrected chi connectivity index (χ2v) is 3.01. The van der Waals surface area contributed by atoms with Crippen LogP contribution in [-0.2, 0) is 4.79 Å². The first-order valence-electron chi connectivity index (χ1n) is 3.83. The van der Waals surface area contributed by atoms with Gasteiger partial charge in [-0.2, -0.15) is 0 Å². The maximum absolute atomic E-state index is 11.2. The Morgan fingerprint density at radius 3 is 3.00 bits per heavy atom. The topological polar surface area (TPSA) is 17.1 Å². The second kappa shape index (κ2) is 3.72. The lowest BCUT2D eigenvalue weighted by molar-refractivity contribution is -0.115. The monoisotopic (exact) mass is 170 g/mol. The molecule has 2 heteroatoms. The van der Waals surface area contributed by atoms with E-state index in [1.54, 1.807) is 6.08 Å². The van der Waals surface area contributed by atoms with Crippen molar-refractivity contribution >= 4 is 17.4 Å². The molecule has 0 aliphatic heterocycles. The standard InChI is InChI=1S/C9H11ClO/c1-2-9(11)7-4-3-5-8(10)6-7/h5-6H,2-4H2,1H3. The summed E-state index contributed by atoms with van der Waals surface area (Å²) in [6, 6.07) is 0. The Kier molecular flexibility index (Phi) is 2.89. The number of allylic oxidation sites excluding steroid dienone is 4. The lowest BCUT2D eigenvalue weighted by Gasteiger charge is -2.07. The highest BCUT2D eigenvalue weighted by Gasteiger charge is 2.09. The van der Waals surface area contributed by atoms with Crippen LogP contribution in [0.2, 0.25) is 0 Å². The van der Waals surface area contributed by atoms with Crippen molar-refractivity contribution in [3.8, 4) is 0 Å². The predicted molar refractivity (Wildman–Crippen MR) is 46.6 cm³/mol. The molecule has 0 radical (unpaired) electrons. The minimum absolute atomic E-state index is 0.219. The van der Waals surface area contributed by atoms with Gasteiger partial charge in [0, 0.05) is 11.5 Å². The molecule has 0 aromatic carbocycles. The van der Waals surface area contributed by atoms with Gasteiger partial charge in [0.1, 0.15) is 0 Å². The molecule has 1 nitrogen and oxygen atoms in total. The third-order valence-electron chi connectivity index (χ3n) is 1.74. The number of Topliss-reactive ketones (excluding diaryl/α,β-unsaturated/α-hetero) is 1. The van der Waals surface area contributed by atoms with Gasteiger partial charge in [-0.05, 0) is 24.5 Å². The Labute approximate surface area is 71.7 Å². The quantitative estimate of drug-likeness (QED) is 0.623. The van der Waals surface area contributed by atoms with Gasteiger partial charge < -0.3 is 0 Å². The normalized spacial score (nSPS) is 17.3. The van der Waals surface area contributed by atoms with Crippen molar-refractivity contribution in [3.05, 3.63) is 22.8 Å². The summed E-state index contributed by atoms with van der Waals surface area (Å²) in [5.41, 5.74) is 0.875. The van der Waals surface area contributed by atoms with Crippen LogP contribution in [0.25, 0.3) is 0 Å². The van der Waals surface area contributed by atoms with E-state index in [-0.39, 0.29) is 5.78 Å². The molecule has 1 rings (SSSR count). The summed E-state index contributed by atoms with van der Waals surface area (Å²) < 4.78 is 0. The van der Waals surface area contributed by atoms with E-state index in [1.807, 2.05) is 13.0 Å². The number of rotatable bonds is 2. The molecule has 0 bridgehead atoms. The molecule has 11 heavy (non-hydrogen) atoms. The Morgan fingerprint density at radius 2 is 2.45 bits per heavy atom. The highest BCUT2D eigenvalue weighted by atomic mass is 35.5. The van der Waals surface area contributed by atoms with E-state index in [4.69, 9.17) is 11.6 Å². The van der Waals surface area contributed by atoms with Gasteiger partial charge in [0.05, 0.1) is 0 Å². The van der Waals surface area contributed by atoms with E-state index in [1.165, 1.54) is 0 Å². The first kappa shape index (κ1) is 8.54. The Balaban J connectivity index is 2.73. The second-order valence-electron chi connectivity index (χ2n) is 2.57. The van der Waals surface area contributed by atoms with Crippen molar-refractivity contribution in [1.82, 2.24) is 0 Å². The molecular formula is C9H11ClO. The number of ketones is 1. The van der Waals surface area contributed by atoms with Gasteiger partial charge in [-0.3, -0.25) is 4.79 Å². The van der Waals surface area contributed by atoms with Gasteiger partial charge in [0.15, 0.2) is 5.78 Å². The summed E-state index contributed by atoms with van der Waals surface area (Å²) in [7, 11) is 0. The van der Waals surface area contributed by atoms with Gasteiger partial charge >= 0.3 is 0 Å². The van der Waals surface area contributed by atoms with Crippen LogP contribution in [0, 0.1) is 0 Å². The molecule has 0 atom stereocenters. The molecule has 0 saturated carbocycles. The van der Waals surface area contributed by atoms with Gasteiger partial charge in [-0.15, -0.1) is 0 Å². The molecule has 0 aromatic heterocycles. The SMILES string of the molecule is CCC(=O)C1=CC(Cl)=CCC1. The smallest absolute Gasteiger partial charge is 0.158 e. The van der Waals surface area contributed by atoms with Crippen molar-refractivity contribution in [2.75, 3.05) is 0 Å². The zero-order valence-electron chi connectivity index (χ0n) is 6.56. The fourth-order valence-electron chi connectivity index (χ4n) is 1.11. The molecular weight excluding hydrogens is 160 g/mol. The Morgan fingerprint density at radius 1 is 1.73 bits per heavy atom. The molecule has 0 fully saturated rings. The van der Waals surface area contributed by atoms with E-state index in [2.05, 4.69) is 0 Å². The average molecular weight is 171 g/mol. The van der Waals surface area contributed by atoms with Gasteiger partial charge in [0.2, 0.25) is 0 Å². The molecule has 60 valence electrons. The maximum atomic E-state index is 11.2. The third-order valence-corrected chi connectivity index (χ3v) is 2.01. The van der Waals surface area contributed by atoms with Crippen LogP contribution < -0.4 is 0 Å². The minimum atomic E-state index is 0.219. The van der Waals surface area contributed by atoms with E-state index in [9.17, 15) is 4.79 Å². The van der Waals surface area contributed by atoms with Crippen LogP contribution in [0.4, 0.5) is 0 Å². The summed E-state index contributed by atoms with van der Waals surface area (Å²) >= 11 is 5.74. The van der Waals surface area contributed by atoms with Crippen molar-refractivity contribution in [2.45, 2.75) is 26.2 Å². The van der Waals surface area contributed by atoms with Crippen LogP contribution in [0.1, 0.15) is 26.2 Å². The van der Waals surface area contributed by atoms with Crippen molar-refractivity contribution < 1.29 is 4.79 Å². The third kappa shape index (κ3) is 2.19. The number of hydrogen-bond acceptors (Lipinski definition) is 1. The van der Waals surface area contributed by atoms with Crippen molar-refractivity contribution in [2.24, 2.45) is 0 Å². The van der Waals surface area contributed by atoms with Crippen LogP contribution in [0.3, 0.4) is 0 Å². The molecule has 1 aliphatic carbocycles. The number of hydrogen-bond donors (Lipinski definition) is 0. The first-order chi connectivity index (χ1) is 5.24. The average Bonchev–Trinajstić information content (AvgIpc) is 2.03. The van der Waals surface area contributed by atoms with Gasteiger partial charge in [-0.1, -0.05) is 24.6 Å². The molecule has 0 unspecified atom stereocenters. The van der Waals surface area contributed by atoms with Crippen LogP contribution in [0.15, 0.2) is 22.8 Å². The summed E-state index contributed by atoms with van der Waals surface area (Å²) in [6.45, 7) is 1.87. The molecule has 0 aromatic rings. The summed E-state index contributed by atoms with van der Waals surface area (Å²) in [6.07, 6.45) is 6.04. The molecule has 1 aliphatic rings. The zero-order chi connectivity index (χ0) is 8.27. The van der Waals surface area contributed by atoms with Crippen molar-refractivity contribution in [3.63, 3.8) is 0 Å². The lowest BCUT2D eigenvalue weighted by atomic mass is 10.00. The molecule has 0 heterocycles. The number of carbonyl (C=O) groups excluding carboxylic acids is 1. The highest BCUT2D eigenvalue weighted by molar-refractivity contribution is 6.31.